The van der Waals surface area contributed by atoms with Crippen LogP contribution in [-0.4, -0.2) is 40.5 Å². The predicted molar refractivity (Wildman–Crippen MR) is 78.5 cm³/mol. The number of hydrogen-bond acceptors (Lipinski definition) is 4. The molecule has 0 bridgehead atoms. The highest BCUT2D eigenvalue weighted by atomic mass is 16.4. The average Bonchev–Trinajstić information content (AvgIpc) is 2.53. The van der Waals surface area contributed by atoms with Crippen LogP contribution in [-0.2, 0) is 4.79 Å². The number of carbonyl (C=O) groups is 3. The first-order valence-corrected chi connectivity index (χ1v) is 7.33. The van der Waals surface area contributed by atoms with Gasteiger partial charge in [0.05, 0.1) is 12.1 Å². The third kappa shape index (κ3) is 4.54. The molecule has 0 saturated heterocycles. The Hall–Kier alpha value is -2.44. The van der Waals surface area contributed by atoms with Crippen molar-refractivity contribution in [2.45, 2.75) is 38.1 Å². The standard InChI is InChI=1S/C15H19N3O4/c19-13(18-11-4-2-1-3-5-11)9-17-14(20)12-8-10(15(21)22)6-7-16-12/h6-8,11H,1-5,9H2,(H,17,20)(H,18,19)(H,21,22). The van der Waals surface area contributed by atoms with E-state index in [2.05, 4.69) is 15.6 Å². The molecule has 0 aromatic carbocycles. The monoisotopic (exact) mass is 305 g/mol. The molecule has 22 heavy (non-hydrogen) atoms. The SMILES string of the molecule is O=C(CNC(=O)c1cc(C(=O)O)ccn1)NC1CCCCC1. The molecule has 0 spiro atoms. The molecule has 1 aromatic rings. The van der Waals surface area contributed by atoms with Crippen LogP contribution in [0.2, 0.25) is 0 Å². The number of aromatic carboxylic acids is 1. The van der Waals surface area contributed by atoms with Crippen LogP contribution in [0.4, 0.5) is 0 Å². The molecule has 1 aliphatic carbocycles. The fraction of sp³-hybridized carbons (Fsp3) is 0.467. The van der Waals surface area contributed by atoms with Crippen LogP contribution in [0.3, 0.4) is 0 Å². The molecule has 0 radical (unpaired) electrons. The van der Waals surface area contributed by atoms with Crippen LogP contribution in [0.5, 0.6) is 0 Å². The van der Waals surface area contributed by atoms with Crippen LogP contribution in [0.25, 0.3) is 0 Å². The molecule has 0 aliphatic heterocycles. The summed E-state index contributed by atoms with van der Waals surface area (Å²) < 4.78 is 0. The van der Waals surface area contributed by atoms with E-state index in [1.165, 1.54) is 24.8 Å². The number of aromatic nitrogens is 1. The molecule has 2 amide bonds. The number of rotatable bonds is 5. The highest BCUT2D eigenvalue weighted by molar-refractivity contribution is 5.97. The lowest BCUT2D eigenvalue weighted by molar-refractivity contribution is -0.121. The average molecular weight is 305 g/mol. The normalized spacial score (nSPS) is 15.1. The molecule has 7 nitrogen and oxygen atoms in total. The Bertz CT molecular complexity index is 568. The molecular formula is C15H19N3O4. The molecule has 1 fully saturated rings. The zero-order chi connectivity index (χ0) is 15.9. The Morgan fingerprint density at radius 2 is 1.95 bits per heavy atom. The summed E-state index contributed by atoms with van der Waals surface area (Å²) in [6.07, 6.45) is 6.63. The summed E-state index contributed by atoms with van der Waals surface area (Å²) in [6, 6.07) is 2.66. The maximum Gasteiger partial charge on any atom is 0.335 e. The van der Waals surface area contributed by atoms with Gasteiger partial charge >= 0.3 is 5.97 Å². The number of hydrogen-bond donors (Lipinski definition) is 3. The van der Waals surface area contributed by atoms with E-state index in [0.717, 1.165) is 25.7 Å². The lowest BCUT2D eigenvalue weighted by Gasteiger charge is -2.22. The lowest BCUT2D eigenvalue weighted by Crippen LogP contribution is -2.42. The summed E-state index contributed by atoms with van der Waals surface area (Å²) >= 11 is 0. The second-order valence-corrected chi connectivity index (χ2v) is 5.32. The zero-order valence-electron chi connectivity index (χ0n) is 12.2. The summed E-state index contributed by atoms with van der Waals surface area (Å²) in [6.45, 7) is -0.145. The summed E-state index contributed by atoms with van der Waals surface area (Å²) in [5, 5.41) is 14.2. The van der Waals surface area contributed by atoms with E-state index in [4.69, 9.17) is 5.11 Å². The first-order chi connectivity index (χ1) is 10.6. The van der Waals surface area contributed by atoms with Gasteiger partial charge in [-0.3, -0.25) is 14.6 Å². The summed E-state index contributed by atoms with van der Waals surface area (Å²) in [5.41, 5.74) is -0.0443. The number of carbonyl (C=O) groups excluding carboxylic acids is 2. The lowest BCUT2D eigenvalue weighted by atomic mass is 9.95. The molecule has 1 aliphatic rings. The molecule has 1 heterocycles. The minimum Gasteiger partial charge on any atom is -0.478 e. The van der Waals surface area contributed by atoms with Crippen molar-refractivity contribution in [2.75, 3.05) is 6.54 Å². The Morgan fingerprint density at radius 3 is 2.64 bits per heavy atom. The van der Waals surface area contributed by atoms with Crippen LogP contribution < -0.4 is 10.6 Å². The molecule has 2 rings (SSSR count). The van der Waals surface area contributed by atoms with E-state index in [0.29, 0.717) is 0 Å². The van der Waals surface area contributed by atoms with E-state index in [9.17, 15) is 14.4 Å². The Kier molecular flexibility index (Phi) is 5.46. The second-order valence-electron chi connectivity index (χ2n) is 5.32. The minimum atomic E-state index is -1.13. The highest BCUT2D eigenvalue weighted by Crippen LogP contribution is 2.17. The van der Waals surface area contributed by atoms with Gasteiger partial charge in [0.2, 0.25) is 5.91 Å². The van der Waals surface area contributed by atoms with Crippen molar-refractivity contribution in [2.24, 2.45) is 0 Å². The summed E-state index contributed by atoms with van der Waals surface area (Å²) in [4.78, 5) is 38.3. The molecule has 0 atom stereocenters. The smallest absolute Gasteiger partial charge is 0.335 e. The van der Waals surface area contributed by atoms with E-state index in [-0.39, 0.29) is 29.8 Å². The first-order valence-electron chi connectivity index (χ1n) is 7.33. The molecule has 1 saturated carbocycles. The molecule has 7 heteroatoms. The van der Waals surface area contributed by atoms with Crippen molar-refractivity contribution in [3.8, 4) is 0 Å². The second kappa shape index (κ2) is 7.53. The van der Waals surface area contributed by atoms with Gasteiger partial charge in [-0.1, -0.05) is 19.3 Å². The van der Waals surface area contributed by atoms with Crippen LogP contribution >= 0.6 is 0 Å². The maximum absolute atomic E-state index is 11.9. The van der Waals surface area contributed by atoms with Crippen molar-refractivity contribution < 1.29 is 19.5 Å². The van der Waals surface area contributed by atoms with E-state index >= 15 is 0 Å². The minimum absolute atomic E-state index is 0.0215. The number of pyridine rings is 1. The van der Waals surface area contributed by atoms with Gasteiger partial charge in [0.15, 0.2) is 0 Å². The Morgan fingerprint density at radius 1 is 1.23 bits per heavy atom. The van der Waals surface area contributed by atoms with Gasteiger partial charge in [0, 0.05) is 12.2 Å². The van der Waals surface area contributed by atoms with Crippen LogP contribution in [0.15, 0.2) is 18.3 Å². The number of nitrogens with one attached hydrogen (secondary N) is 2. The predicted octanol–water partition coefficient (Wildman–Crippen LogP) is 0.958. The number of carboxylic acids is 1. The van der Waals surface area contributed by atoms with Crippen LogP contribution in [0, 0.1) is 0 Å². The third-order valence-corrected chi connectivity index (χ3v) is 3.62. The molecule has 0 unspecified atom stereocenters. The first kappa shape index (κ1) is 15.9. The highest BCUT2D eigenvalue weighted by Gasteiger charge is 2.17. The molecule has 118 valence electrons. The van der Waals surface area contributed by atoms with Gasteiger partial charge in [0.1, 0.15) is 5.69 Å². The van der Waals surface area contributed by atoms with Crippen molar-refractivity contribution in [1.82, 2.24) is 15.6 Å². The number of nitrogens with zero attached hydrogens (tertiary/aromatic N) is 1. The molecule has 3 N–H and O–H groups in total. The fourth-order valence-electron chi connectivity index (χ4n) is 2.46. The fourth-order valence-corrected chi connectivity index (χ4v) is 2.46. The largest absolute Gasteiger partial charge is 0.478 e. The topological polar surface area (TPSA) is 108 Å². The number of amides is 2. The van der Waals surface area contributed by atoms with Gasteiger partial charge in [0.25, 0.3) is 5.91 Å². The van der Waals surface area contributed by atoms with Gasteiger partial charge in [-0.15, -0.1) is 0 Å². The van der Waals surface area contributed by atoms with Crippen molar-refractivity contribution in [3.05, 3.63) is 29.6 Å². The van der Waals surface area contributed by atoms with E-state index in [1.807, 2.05) is 0 Å². The van der Waals surface area contributed by atoms with Gasteiger partial charge < -0.3 is 15.7 Å². The van der Waals surface area contributed by atoms with Crippen molar-refractivity contribution in [3.63, 3.8) is 0 Å². The van der Waals surface area contributed by atoms with Gasteiger partial charge in [-0.05, 0) is 25.0 Å². The third-order valence-electron chi connectivity index (χ3n) is 3.62. The van der Waals surface area contributed by atoms with E-state index < -0.39 is 11.9 Å². The summed E-state index contributed by atoms with van der Waals surface area (Å²) in [7, 11) is 0. The Balaban J connectivity index is 1.82. The Labute approximate surface area is 128 Å². The molecular weight excluding hydrogens is 286 g/mol. The van der Waals surface area contributed by atoms with Crippen molar-refractivity contribution >= 4 is 17.8 Å². The maximum atomic E-state index is 11.9. The van der Waals surface area contributed by atoms with E-state index in [1.54, 1.807) is 0 Å². The molecule has 1 aromatic heterocycles. The van der Waals surface area contributed by atoms with Gasteiger partial charge in [-0.2, -0.15) is 0 Å². The quantitative estimate of drug-likeness (QED) is 0.751. The van der Waals surface area contributed by atoms with Crippen molar-refractivity contribution in [1.29, 1.82) is 0 Å². The van der Waals surface area contributed by atoms with Gasteiger partial charge in [-0.25, -0.2) is 4.79 Å². The van der Waals surface area contributed by atoms with Crippen LogP contribution in [0.1, 0.15) is 53.0 Å². The summed E-state index contributed by atoms with van der Waals surface area (Å²) in [5.74, 6) is -1.94. The zero-order valence-corrected chi connectivity index (χ0v) is 12.2. The number of carboxylic acid groups (broad SMARTS) is 1.